The van der Waals surface area contributed by atoms with Crippen molar-refractivity contribution in [2.75, 3.05) is 39.9 Å². The third-order valence-electron chi connectivity index (χ3n) is 9.04. The van der Waals surface area contributed by atoms with Crippen LogP contribution >= 0.6 is 0 Å². The molecule has 2 aliphatic heterocycles. The van der Waals surface area contributed by atoms with E-state index in [1.165, 1.54) is 11.0 Å². The van der Waals surface area contributed by atoms with Gasteiger partial charge in [0.25, 0.3) is 5.91 Å². The highest BCUT2D eigenvalue weighted by molar-refractivity contribution is 5.98. The molecule has 11 nitrogen and oxygen atoms in total. The van der Waals surface area contributed by atoms with Crippen LogP contribution < -0.4 is 20.1 Å². The number of amides is 3. The molecule has 3 heterocycles. The number of hydrogen-bond acceptors (Lipinski definition) is 7. The molecule has 3 aromatic rings. The predicted octanol–water partition coefficient (Wildman–Crippen LogP) is 3.81. The lowest BCUT2D eigenvalue weighted by molar-refractivity contribution is -0.126. The lowest BCUT2D eigenvalue weighted by Gasteiger charge is -2.32. The van der Waals surface area contributed by atoms with Gasteiger partial charge in [-0.3, -0.25) is 19.3 Å². The lowest BCUT2D eigenvalue weighted by Crippen LogP contribution is -2.53. The molecule has 12 heteroatoms. The zero-order valence-corrected chi connectivity index (χ0v) is 28.1. The molecular weight excluding hydrogens is 615 g/mol. The number of fused-ring (bicyclic) bond motifs is 3. The van der Waals surface area contributed by atoms with Gasteiger partial charge in [0, 0.05) is 56.7 Å². The number of hydrogen-bond donors (Lipinski definition) is 2. The molecule has 258 valence electrons. The number of nitrogens with one attached hydrogen (secondary N) is 2. The highest BCUT2D eigenvalue weighted by atomic mass is 19.1. The van der Waals surface area contributed by atoms with Gasteiger partial charge in [-0.05, 0) is 61.8 Å². The molecule has 0 aliphatic carbocycles. The van der Waals surface area contributed by atoms with Gasteiger partial charge in [-0.2, -0.15) is 0 Å². The van der Waals surface area contributed by atoms with E-state index in [0.717, 1.165) is 24.1 Å². The smallest absolute Gasteiger partial charge is 0.257 e. The molecule has 0 radical (unpaired) electrons. The molecule has 48 heavy (non-hydrogen) atoms. The molecule has 2 N–H and O–H groups in total. The number of carbonyl (C=O) groups excluding carboxylic acids is 3. The molecule has 2 bridgehead atoms. The van der Waals surface area contributed by atoms with E-state index in [2.05, 4.69) is 15.6 Å². The average molecular weight is 663 g/mol. The van der Waals surface area contributed by atoms with Crippen molar-refractivity contribution in [2.24, 2.45) is 5.92 Å². The summed E-state index contributed by atoms with van der Waals surface area (Å²) in [6.45, 7) is 6.93. The molecule has 0 unspecified atom stereocenters. The van der Waals surface area contributed by atoms with Crippen LogP contribution in [0.3, 0.4) is 0 Å². The minimum absolute atomic E-state index is 0.0190. The first-order valence-electron chi connectivity index (χ1n) is 16.9. The Morgan fingerprint density at radius 3 is 2.75 bits per heavy atom. The molecular formula is C36H47FN6O5. The summed E-state index contributed by atoms with van der Waals surface area (Å²) >= 11 is 0. The molecule has 1 aromatic heterocycles. The van der Waals surface area contributed by atoms with Gasteiger partial charge in [0.2, 0.25) is 11.8 Å². The van der Waals surface area contributed by atoms with Crippen LogP contribution in [-0.4, -0.2) is 89.1 Å². The Morgan fingerprint density at radius 2 is 1.98 bits per heavy atom. The van der Waals surface area contributed by atoms with Crippen molar-refractivity contribution >= 4 is 17.7 Å². The van der Waals surface area contributed by atoms with Gasteiger partial charge >= 0.3 is 0 Å². The zero-order chi connectivity index (χ0) is 34.0. The molecule has 1 fully saturated rings. The van der Waals surface area contributed by atoms with E-state index >= 15 is 0 Å². The summed E-state index contributed by atoms with van der Waals surface area (Å²) in [5.41, 5.74) is 1.64. The molecule has 2 atom stereocenters. The van der Waals surface area contributed by atoms with Crippen LogP contribution in [0, 0.1) is 11.7 Å². The molecule has 2 aromatic carbocycles. The van der Waals surface area contributed by atoms with E-state index in [1.807, 2.05) is 47.7 Å². The molecule has 2 aliphatic rings. The van der Waals surface area contributed by atoms with Crippen molar-refractivity contribution in [3.05, 3.63) is 77.6 Å². The molecule has 3 amide bonds. The van der Waals surface area contributed by atoms with Crippen molar-refractivity contribution in [3.63, 3.8) is 0 Å². The van der Waals surface area contributed by atoms with Gasteiger partial charge in [-0.25, -0.2) is 9.37 Å². The van der Waals surface area contributed by atoms with Crippen molar-refractivity contribution < 1.29 is 28.2 Å². The first-order chi connectivity index (χ1) is 23.2. The molecule has 5 rings (SSSR count). The van der Waals surface area contributed by atoms with Crippen LogP contribution in [0.25, 0.3) is 0 Å². The van der Waals surface area contributed by atoms with E-state index in [1.54, 1.807) is 31.8 Å². The Morgan fingerprint density at radius 1 is 1.12 bits per heavy atom. The Balaban J connectivity index is 1.38. The molecule has 1 saturated heterocycles. The Labute approximate surface area is 281 Å². The number of methoxy groups -OCH3 is 1. The summed E-state index contributed by atoms with van der Waals surface area (Å²) in [4.78, 5) is 48.3. The standard InChI is InChI=1S/C36H47FN6O5/c1-25(2)30-22-42(21-27-9-4-11-32(47-3)34(27)48-19-7-16-41-18-15-38-24-41)23-33(44)39-14-5-8-26-12-13-29(37)28(20-26)36(46)43-17-6-10-31(43)35(45)40-30/h4,9,11-13,15,18,20,24-25,30-31H,5-8,10,14,16-17,19,21-23H2,1-3H3,(H,39,44)(H,40,45)/t30-,31-/m0/s1. The van der Waals surface area contributed by atoms with Crippen LogP contribution in [0.2, 0.25) is 0 Å². The summed E-state index contributed by atoms with van der Waals surface area (Å²) in [6, 6.07) is 9.24. The number of benzene rings is 2. The maximum atomic E-state index is 14.9. The van der Waals surface area contributed by atoms with Crippen molar-refractivity contribution in [1.82, 2.24) is 30.0 Å². The number of ether oxygens (including phenoxy) is 2. The molecule has 0 spiro atoms. The van der Waals surface area contributed by atoms with Crippen LogP contribution in [-0.2, 0) is 29.1 Å². The van der Waals surface area contributed by atoms with Crippen LogP contribution in [0.15, 0.2) is 55.1 Å². The number of para-hydroxylation sites is 1. The predicted molar refractivity (Wildman–Crippen MR) is 179 cm³/mol. The summed E-state index contributed by atoms with van der Waals surface area (Å²) in [5.74, 6) is -0.244. The topological polar surface area (TPSA) is 118 Å². The third kappa shape index (κ3) is 8.91. The highest BCUT2D eigenvalue weighted by Crippen LogP contribution is 2.32. The third-order valence-corrected chi connectivity index (χ3v) is 9.04. The van der Waals surface area contributed by atoms with Gasteiger partial charge in [-0.1, -0.05) is 32.0 Å². The van der Waals surface area contributed by atoms with E-state index in [-0.39, 0.29) is 35.9 Å². The normalized spacial score (nSPS) is 19.9. The fourth-order valence-corrected chi connectivity index (χ4v) is 6.37. The largest absolute Gasteiger partial charge is 0.493 e. The number of nitrogens with zero attached hydrogens (tertiary/aromatic N) is 4. The Kier molecular flexibility index (Phi) is 12.1. The number of imidazole rings is 1. The maximum Gasteiger partial charge on any atom is 0.257 e. The second-order valence-corrected chi connectivity index (χ2v) is 12.9. The van der Waals surface area contributed by atoms with Gasteiger partial charge in [-0.15, -0.1) is 0 Å². The van der Waals surface area contributed by atoms with Crippen molar-refractivity contribution in [3.8, 4) is 11.5 Å². The van der Waals surface area contributed by atoms with E-state index in [0.29, 0.717) is 70.0 Å². The van der Waals surface area contributed by atoms with Crippen LogP contribution in [0.5, 0.6) is 11.5 Å². The monoisotopic (exact) mass is 662 g/mol. The van der Waals surface area contributed by atoms with Gasteiger partial charge < -0.3 is 29.6 Å². The SMILES string of the molecule is COc1cccc(CN2CC(=O)NCCCc3ccc(F)c(c3)C(=O)N3CCC[C@H]3C(=O)N[C@H](C(C)C)C2)c1OCCCn1ccnc1. The average Bonchev–Trinajstić information content (AvgIpc) is 3.78. The minimum atomic E-state index is -0.699. The fraction of sp³-hybridized carbons (Fsp3) is 0.500. The zero-order valence-electron chi connectivity index (χ0n) is 28.1. The van der Waals surface area contributed by atoms with Crippen LogP contribution in [0.4, 0.5) is 4.39 Å². The summed E-state index contributed by atoms with van der Waals surface area (Å²) in [7, 11) is 1.60. The van der Waals surface area contributed by atoms with Crippen LogP contribution in [0.1, 0.15) is 61.0 Å². The highest BCUT2D eigenvalue weighted by Gasteiger charge is 2.37. The first-order valence-corrected chi connectivity index (χ1v) is 16.9. The second-order valence-electron chi connectivity index (χ2n) is 12.9. The minimum Gasteiger partial charge on any atom is -0.493 e. The van der Waals surface area contributed by atoms with E-state index in [4.69, 9.17) is 9.47 Å². The maximum absolute atomic E-state index is 14.9. The first kappa shape index (κ1) is 34.9. The van der Waals surface area contributed by atoms with Gasteiger partial charge in [0.15, 0.2) is 11.5 Å². The quantitative estimate of drug-likeness (QED) is 0.335. The number of aromatic nitrogens is 2. The summed E-state index contributed by atoms with van der Waals surface area (Å²) in [5, 5.41) is 6.20. The van der Waals surface area contributed by atoms with Crippen molar-refractivity contribution in [1.29, 1.82) is 0 Å². The van der Waals surface area contributed by atoms with Crippen molar-refractivity contribution in [2.45, 2.75) is 71.1 Å². The Hall–Kier alpha value is -4.45. The Bertz CT molecular complexity index is 1550. The number of halogens is 1. The fourth-order valence-electron chi connectivity index (χ4n) is 6.37. The van der Waals surface area contributed by atoms with E-state index < -0.39 is 17.8 Å². The number of carbonyl (C=O) groups is 3. The number of rotatable bonds is 9. The molecule has 0 saturated carbocycles. The lowest BCUT2D eigenvalue weighted by atomic mass is 10.0. The summed E-state index contributed by atoms with van der Waals surface area (Å²) in [6.07, 6.45) is 8.54. The van der Waals surface area contributed by atoms with Gasteiger partial charge in [0.1, 0.15) is 11.9 Å². The second kappa shape index (κ2) is 16.6. The summed E-state index contributed by atoms with van der Waals surface area (Å²) < 4.78 is 28.8. The van der Waals surface area contributed by atoms with Gasteiger partial charge in [0.05, 0.1) is 32.2 Å². The van der Waals surface area contributed by atoms with E-state index in [9.17, 15) is 18.8 Å². The number of aryl methyl sites for hydroxylation is 2.